The Labute approximate surface area is 178 Å². The third-order valence-corrected chi connectivity index (χ3v) is 5.77. The summed E-state index contributed by atoms with van der Waals surface area (Å²) in [4.78, 5) is 36.4. The number of amides is 1. The molecule has 1 atom stereocenters. The number of pyridine rings is 2. The second kappa shape index (κ2) is 7.79. The highest BCUT2D eigenvalue weighted by molar-refractivity contribution is 5.95. The molecule has 1 saturated heterocycles. The number of imidazole rings is 1. The van der Waals surface area contributed by atoms with Gasteiger partial charge in [-0.25, -0.2) is 9.67 Å². The first-order chi connectivity index (χ1) is 15.1. The lowest BCUT2D eigenvalue weighted by molar-refractivity contribution is 0.0712. The van der Waals surface area contributed by atoms with Crippen LogP contribution in [0.3, 0.4) is 0 Å². The zero-order valence-corrected chi connectivity index (χ0v) is 17.2. The largest absolute Gasteiger partial charge is 0.332 e. The molecule has 4 aromatic heterocycles. The summed E-state index contributed by atoms with van der Waals surface area (Å²) in [6.45, 7) is 2.87. The Bertz CT molecular complexity index is 1310. The van der Waals surface area contributed by atoms with Crippen LogP contribution in [0.5, 0.6) is 0 Å². The Balaban J connectivity index is 1.44. The van der Waals surface area contributed by atoms with Crippen LogP contribution in [0.1, 0.15) is 29.0 Å². The van der Waals surface area contributed by atoms with E-state index in [2.05, 4.69) is 15.1 Å². The first kappa shape index (κ1) is 19.2. The van der Waals surface area contributed by atoms with Crippen LogP contribution in [0, 0.1) is 6.92 Å². The van der Waals surface area contributed by atoms with Crippen LogP contribution in [-0.4, -0.2) is 47.5 Å². The highest BCUT2D eigenvalue weighted by atomic mass is 16.2. The number of carbonyl (C=O) groups excluding carboxylic acids is 1. The van der Waals surface area contributed by atoms with Crippen molar-refractivity contribution < 1.29 is 4.79 Å². The summed E-state index contributed by atoms with van der Waals surface area (Å²) in [7, 11) is 0. The minimum atomic E-state index is -0.178. The van der Waals surface area contributed by atoms with Crippen molar-refractivity contribution in [2.24, 2.45) is 0 Å². The maximum Gasteiger partial charge on any atom is 0.273 e. The number of aromatic nitrogens is 5. The Morgan fingerprint density at radius 1 is 1.13 bits per heavy atom. The fraction of sp³-hybridized carbons (Fsp3) is 0.261. The first-order valence-corrected chi connectivity index (χ1v) is 10.3. The van der Waals surface area contributed by atoms with Crippen molar-refractivity contribution >= 4 is 11.6 Å². The van der Waals surface area contributed by atoms with E-state index >= 15 is 0 Å². The summed E-state index contributed by atoms with van der Waals surface area (Å²) in [5.74, 6) is -0.0583. The molecule has 31 heavy (non-hydrogen) atoms. The zero-order chi connectivity index (χ0) is 21.4. The number of fused-ring (bicyclic) bond motifs is 1. The molecule has 0 saturated carbocycles. The third-order valence-electron chi connectivity index (χ3n) is 5.77. The van der Waals surface area contributed by atoms with E-state index in [1.165, 1.54) is 10.7 Å². The van der Waals surface area contributed by atoms with E-state index in [1.807, 2.05) is 52.8 Å². The van der Waals surface area contributed by atoms with Crippen molar-refractivity contribution in [2.75, 3.05) is 6.54 Å². The highest BCUT2D eigenvalue weighted by Gasteiger charge is 2.32. The van der Waals surface area contributed by atoms with E-state index < -0.39 is 0 Å². The normalized spacial score (nSPS) is 16.2. The summed E-state index contributed by atoms with van der Waals surface area (Å²) in [6.07, 6.45) is 6.97. The van der Waals surface area contributed by atoms with E-state index in [4.69, 9.17) is 0 Å². The number of nitrogens with zero attached hydrogens (tertiary/aromatic N) is 6. The lowest BCUT2D eigenvalue weighted by Crippen LogP contribution is -2.41. The molecule has 5 rings (SSSR count). The topological polar surface area (TPSA) is 85.4 Å². The van der Waals surface area contributed by atoms with Crippen molar-refractivity contribution in [1.82, 2.24) is 29.0 Å². The van der Waals surface area contributed by atoms with Crippen molar-refractivity contribution in [3.05, 3.63) is 82.8 Å². The van der Waals surface area contributed by atoms with Crippen molar-refractivity contribution in [2.45, 2.75) is 32.4 Å². The Morgan fingerprint density at radius 2 is 1.97 bits per heavy atom. The zero-order valence-electron chi connectivity index (χ0n) is 17.2. The quantitative estimate of drug-likeness (QED) is 0.512. The summed E-state index contributed by atoms with van der Waals surface area (Å²) in [5, 5.41) is 4.55. The van der Waals surface area contributed by atoms with Crippen LogP contribution < -0.4 is 5.56 Å². The number of likely N-dealkylation sites (tertiary alicyclic amines) is 1. The van der Waals surface area contributed by atoms with Gasteiger partial charge in [-0.2, -0.15) is 5.10 Å². The van der Waals surface area contributed by atoms with E-state index in [9.17, 15) is 9.59 Å². The molecule has 0 spiro atoms. The van der Waals surface area contributed by atoms with Gasteiger partial charge in [-0.05, 0) is 50.1 Å². The van der Waals surface area contributed by atoms with Crippen molar-refractivity contribution in [1.29, 1.82) is 0 Å². The number of aryl methyl sites for hydroxylation is 1. The molecule has 8 heteroatoms. The Morgan fingerprint density at radius 3 is 2.81 bits per heavy atom. The van der Waals surface area contributed by atoms with Gasteiger partial charge in [0.15, 0.2) is 0 Å². The number of hydrogen-bond donors (Lipinski definition) is 0. The molecule has 156 valence electrons. The van der Waals surface area contributed by atoms with Crippen LogP contribution in [-0.2, 0) is 6.54 Å². The number of carbonyl (C=O) groups is 1. The Kier molecular flexibility index (Phi) is 4.82. The fourth-order valence-electron chi connectivity index (χ4n) is 4.26. The average Bonchev–Trinajstić information content (AvgIpc) is 3.39. The SMILES string of the molecule is Cc1nc2ccccn2c1C(=O)N1CCCC1Cn1nc(-c2ccncc2)ccc1=O. The lowest BCUT2D eigenvalue weighted by Gasteiger charge is -2.25. The predicted octanol–water partition coefficient (Wildman–Crippen LogP) is 2.57. The van der Waals surface area contributed by atoms with Gasteiger partial charge < -0.3 is 4.90 Å². The minimum absolute atomic E-state index is 0.0583. The average molecular weight is 414 g/mol. The van der Waals surface area contributed by atoms with Crippen LogP contribution in [0.15, 0.2) is 65.8 Å². The van der Waals surface area contributed by atoms with Crippen molar-refractivity contribution in [3.63, 3.8) is 0 Å². The molecule has 8 nitrogen and oxygen atoms in total. The van der Waals surface area contributed by atoms with E-state index in [0.717, 1.165) is 24.1 Å². The maximum absolute atomic E-state index is 13.5. The highest BCUT2D eigenvalue weighted by Crippen LogP contribution is 2.23. The van der Waals surface area contributed by atoms with Crippen LogP contribution >= 0.6 is 0 Å². The second-order valence-electron chi connectivity index (χ2n) is 7.74. The molecule has 0 radical (unpaired) electrons. The molecule has 1 aliphatic rings. The standard InChI is InChI=1S/C23H22N6O2/c1-16-22(28-13-3-2-6-20(28)25-16)23(31)27-14-4-5-18(27)15-29-21(30)8-7-19(26-29)17-9-11-24-12-10-17/h2-3,6-13,18H,4-5,14-15H2,1H3. The molecule has 4 aromatic rings. The molecule has 0 aliphatic carbocycles. The molecule has 0 bridgehead atoms. The smallest absolute Gasteiger partial charge is 0.273 e. The lowest BCUT2D eigenvalue weighted by atomic mass is 10.2. The van der Waals surface area contributed by atoms with Gasteiger partial charge in [-0.3, -0.25) is 19.0 Å². The van der Waals surface area contributed by atoms with Crippen LogP contribution in [0.4, 0.5) is 0 Å². The van der Waals surface area contributed by atoms with Gasteiger partial charge >= 0.3 is 0 Å². The Hall–Kier alpha value is -3.81. The van der Waals surface area contributed by atoms with E-state index in [-0.39, 0.29) is 17.5 Å². The number of hydrogen-bond acceptors (Lipinski definition) is 5. The first-order valence-electron chi connectivity index (χ1n) is 10.3. The molecular formula is C23H22N6O2. The molecule has 5 heterocycles. The molecule has 1 amide bonds. The van der Waals surface area contributed by atoms with Crippen molar-refractivity contribution in [3.8, 4) is 11.3 Å². The summed E-state index contributed by atoms with van der Waals surface area (Å²) in [6, 6.07) is 12.5. The monoisotopic (exact) mass is 414 g/mol. The fourth-order valence-corrected chi connectivity index (χ4v) is 4.26. The summed E-state index contributed by atoms with van der Waals surface area (Å²) < 4.78 is 3.30. The number of rotatable bonds is 4. The predicted molar refractivity (Wildman–Crippen MR) is 116 cm³/mol. The van der Waals surface area contributed by atoms with Gasteiger partial charge in [0.25, 0.3) is 11.5 Å². The molecule has 0 N–H and O–H groups in total. The molecule has 1 unspecified atom stereocenters. The van der Waals surface area contributed by atoms with Gasteiger partial charge in [-0.15, -0.1) is 0 Å². The molecular weight excluding hydrogens is 392 g/mol. The molecule has 1 aliphatic heterocycles. The van der Waals surface area contributed by atoms with Gasteiger partial charge in [-0.1, -0.05) is 6.07 Å². The molecule has 0 aromatic carbocycles. The summed E-state index contributed by atoms with van der Waals surface area (Å²) in [5.41, 5.74) is 3.45. The minimum Gasteiger partial charge on any atom is -0.332 e. The van der Waals surface area contributed by atoms with Gasteiger partial charge in [0, 0.05) is 36.8 Å². The summed E-state index contributed by atoms with van der Waals surface area (Å²) >= 11 is 0. The maximum atomic E-state index is 13.5. The third kappa shape index (κ3) is 3.50. The van der Waals surface area contributed by atoms with Gasteiger partial charge in [0.05, 0.1) is 24.0 Å². The van der Waals surface area contributed by atoms with E-state index in [0.29, 0.717) is 30.2 Å². The van der Waals surface area contributed by atoms with E-state index in [1.54, 1.807) is 18.5 Å². The van der Waals surface area contributed by atoms with Gasteiger partial charge in [0.2, 0.25) is 0 Å². The second-order valence-corrected chi connectivity index (χ2v) is 7.74. The van der Waals surface area contributed by atoms with Gasteiger partial charge in [0.1, 0.15) is 11.3 Å². The van der Waals surface area contributed by atoms with Crippen LogP contribution in [0.25, 0.3) is 16.9 Å². The molecule has 1 fully saturated rings. The van der Waals surface area contributed by atoms with Crippen LogP contribution in [0.2, 0.25) is 0 Å².